The van der Waals surface area contributed by atoms with Gasteiger partial charge in [-0.3, -0.25) is 9.59 Å². The molecule has 2 aromatic heterocycles. The van der Waals surface area contributed by atoms with E-state index < -0.39 is 11.9 Å². The summed E-state index contributed by atoms with van der Waals surface area (Å²) in [5.74, 6) is -1.57. The molecule has 1 saturated heterocycles. The van der Waals surface area contributed by atoms with Gasteiger partial charge in [-0.25, -0.2) is 13.8 Å². The normalized spacial score (nSPS) is 15.3. The summed E-state index contributed by atoms with van der Waals surface area (Å²) >= 11 is 0. The largest absolute Gasteiger partial charge is 0.354 e. The fraction of sp³-hybridized carbons (Fsp3) is 0.217. The van der Waals surface area contributed by atoms with Gasteiger partial charge in [0.2, 0.25) is 11.8 Å². The summed E-state index contributed by atoms with van der Waals surface area (Å²) in [5, 5.41) is 14.3. The molecule has 0 saturated carbocycles. The number of nitrogens with zero attached hydrogens (tertiary/aromatic N) is 2. The number of carbonyl (C=O) groups is 2. The molecule has 2 amide bonds. The number of H-pyrrole nitrogens is 1. The lowest BCUT2D eigenvalue weighted by Gasteiger charge is -2.10. The first-order chi connectivity index (χ1) is 15.4. The smallest absolute Gasteiger partial charge is 0.242 e. The van der Waals surface area contributed by atoms with Crippen molar-refractivity contribution in [1.29, 1.82) is 5.26 Å². The molecule has 0 bridgehead atoms. The van der Waals surface area contributed by atoms with Crippen molar-refractivity contribution in [2.75, 3.05) is 6.54 Å². The Bertz CT molecular complexity index is 1210. The molecule has 1 unspecified atom stereocenters. The molecule has 7 nitrogen and oxygen atoms in total. The standard InChI is InChI=1S/C23H19F2N5O2/c24-16-4-1-13(2-5-16)22-14(3-6-21(31)29-18-7-8-27-23(18)32)10-19(30-22)15-9-17(25)20(11-26)28-12-15/h1-2,4-5,9-10,12,18,30H,3,6-8H2,(H,27,32)(H,29,31). The van der Waals surface area contributed by atoms with Crippen LogP contribution in [0.4, 0.5) is 8.78 Å². The first-order valence-corrected chi connectivity index (χ1v) is 10.1. The molecule has 32 heavy (non-hydrogen) atoms. The Morgan fingerprint density at radius 2 is 2.00 bits per heavy atom. The van der Waals surface area contributed by atoms with Crippen LogP contribution in [0.5, 0.6) is 0 Å². The van der Waals surface area contributed by atoms with Crippen LogP contribution in [0.3, 0.4) is 0 Å². The predicted molar refractivity (Wildman–Crippen MR) is 112 cm³/mol. The number of nitrogens with one attached hydrogen (secondary N) is 3. The van der Waals surface area contributed by atoms with Crippen LogP contribution in [0.2, 0.25) is 0 Å². The second-order valence-corrected chi connectivity index (χ2v) is 7.46. The number of hydrogen-bond donors (Lipinski definition) is 3. The van der Waals surface area contributed by atoms with Crippen molar-refractivity contribution in [3.05, 3.63) is 65.5 Å². The molecule has 0 radical (unpaired) electrons. The van der Waals surface area contributed by atoms with Crippen molar-refractivity contribution in [2.24, 2.45) is 0 Å². The number of aryl methyl sites for hydroxylation is 1. The highest BCUT2D eigenvalue weighted by molar-refractivity contribution is 5.89. The van der Waals surface area contributed by atoms with Gasteiger partial charge in [0.05, 0.1) is 0 Å². The highest BCUT2D eigenvalue weighted by atomic mass is 19.1. The number of pyridine rings is 1. The fourth-order valence-electron chi connectivity index (χ4n) is 3.64. The fourth-order valence-corrected chi connectivity index (χ4v) is 3.64. The molecule has 1 atom stereocenters. The van der Waals surface area contributed by atoms with E-state index in [9.17, 15) is 18.4 Å². The van der Waals surface area contributed by atoms with Gasteiger partial charge in [-0.1, -0.05) is 0 Å². The van der Waals surface area contributed by atoms with Gasteiger partial charge in [0.1, 0.15) is 17.9 Å². The monoisotopic (exact) mass is 435 g/mol. The lowest BCUT2D eigenvalue weighted by molar-refractivity contribution is -0.127. The van der Waals surface area contributed by atoms with E-state index in [1.165, 1.54) is 24.4 Å². The predicted octanol–water partition coefficient (Wildman–Crippen LogP) is 2.83. The Hall–Kier alpha value is -4.06. The molecule has 0 aliphatic carbocycles. The van der Waals surface area contributed by atoms with Crippen LogP contribution in [0.1, 0.15) is 24.1 Å². The van der Waals surface area contributed by atoms with Gasteiger partial charge in [0.15, 0.2) is 11.5 Å². The highest BCUT2D eigenvalue weighted by Crippen LogP contribution is 2.30. The van der Waals surface area contributed by atoms with Crippen LogP contribution < -0.4 is 10.6 Å². The van der Waals surface area contributed by atoms with Crippen LogP contribution in [-0.2, 0) is 16.0 Å². The number of amides is 2. The zero-order valence-electron chi connectivity index (χ0n) is 16.9. The van der Waals surface area contributed by atoms with E-state index in [0.717, 1.165) is 5.56 Å². The van der Waals surface area contributed by atoms with Crippen molar-refractivity contribution in [3.63, 3.8) is 0 Å². The summed E-state index contributed by atoms with van der Waals surface area (Å²) in [5.41, 5.74) is 2.81. The quantitative estimate of drug-likeness (QED) is 0.553. The first kappa shape index (κ1) is 21.2. The van der Waals surface area contributed by atoms with Crippen molar-refractivity contribution in [2.45, 2.75) is 25.3 Å². The minimum atomic E-state index is -0.737. The summed E-state index contributed by atoms with van der Waals surface area (Å²) in [4.78, 5) is 31.0. The maximum Gasteiger partial charge on any atom is 0.242 e. The molecule has 3 heterocycles. The van der Waals surface area contributed by atoms with E-state index in [0.29, 0.717) is 41.9 Å². The molecular formula is C23H19F2N5O2. The number of rotatable bonds is 6. The van der Waals surface area contributed by atoms with E-state index in [4.69, 9.17) is 5.26 Å². The molecule has 1 aliphatic rings. The Labute approximate surface area is 182 Å². The lowest BCUT2D eigenvalue weighted by Crippen LogP contribution is -2.40. The van der Waals surface area contributed by atoms with Crippen molar-refractivity contribution < 1.29 is 18.4 Å². The van der Waals surface area contributed by atoms with E-state index in [1.807, 2.05) is 0 Å². The van der Waals surface area contributed by atoms with E-state index in [2.05, 4.69) is 20.6 Å². The minimum Gasteiger partial charge on any atom is -0.354 e. The van der Waals surface area contributed by atoms with Gasteiger partial charge in [-0.15, -0.1) is 0 Å². The lowest BCUT2D eigenvalue weighted by atomic mass is 10.0. The van der Waals surface area contributed by atoms with Gasteiger partial charge in [-0.05, 0) is 60.4 Å². The molecule has 162 valence electrons. The summed E-state index contributed by atoms with van der Waals surface area (Å²) in [6, 6.07) is 10.0. The van der Waals surface area contributed by atoms with E-state index in [-0.39, 0.29) is 29.7 Å². The summed E-state index contributed by atoms with van der Waals surface area (Å²) in [6.07, 6.45) is 2.42. The molecule has 4 rings (SSSR count). The number of halogens is 2. The van der Waals surface area contributed by atoms with Crippen LogP contribution in [0.25, 0.3) is 22.5 Å². The minimum absolute atomic E-state index is 0.134. The SMILES string of the molecule is N#Cc1ncc(-c2cc(CCC(=O)NC3CCNC3=O)c(-c3ccc(F)cc3)[nH]2)cc1F. The Morgan fingerprint density at radius 1 is 1.22 bits per heavy atom. The van der Waals surface area contributed by atoms with Crippen LogP contribution in [-0.4, -0.2) is 34.4 Å². The third-order valence-electron chi connectivity index (χ3n) is 5.30. The van der Waals surface area contributed by atoms with Crippen LogP contribution in [0.15, 0.2) is 42.6 Å². The number of benzene rings is 1. The van der Waals surface area contributed by atoms with Gasteiger partial charge in [0.25, 0.3) is 0 Å². The molecule has 3 aromatic rings. The van der Waals surface area contributed by atoms with Gasteiger partial charge < -0.3 is 15.6 Å². The van der Waals surface area contributed by atoms with Crippen molar-refractivity contribution in [3.8, 4) is 28.6 Å². The number of aromatic amines is 1. The topological polar surface area (TPSA) is 111 Å². The average Bonchev–Trinajstić information content (AvgIpc) is 3.39. The third-order valence-corrected chi connectivity index (χ3v) is 5.30. The van der Waals surface area contributed by atoms with E-state index >= 15 is 0 Å². The number of aromatic nitrogens is 2. The molecule has 1 aliphatic heterocycles. The van der Waals surface area contributed by atoms with E-state index in [1.54, 1.807) is 24.3 Å². The summed E-state index contributed by atoms with van der Waals surface area (Å²) in [6.45, 7) is 0.537. The molecule has 1 aromatic carbocycles. The molecule has 1 fully saturated rings. The highest BCUT2D eigenvalue weighted by Gasteiger charge is 2.25. The van der Waals surface area contributed by atoms with Crippen molar-refractivity contribution >= 4 is 11.8 Å². The third kappa shape index (κ3) is 4.49. The van der Waals surface area contributed by atoms with Gasteiger partial charge in [-0.2, -0.15) is 5.26 Å². The Kier molecular flexibility index (Phi) is 5.94. The number of hydrogen-bond acceptors (Lipinski definition) is 4. The maximum absolute atomic E-state index is 14.1. The zero-order valence-corrected chi connectivity index (χ0v) is 16.9. The van der Waals surface area contributed by atoms with Gasteiger partial charge in [0, 0.05) is 36.1 Å². The van der Waals surface area contributed by atoms with Crippen LogP contribution >= 0.6 is 0 Å². The van der Waals surface area contributed by atoms with Crippen LogP contribution in [0, 0.1) is 23.0 Å². The molecule has 0 spiro atoms. The number of carbonyl (C=O) groups excluding carboxylic acids is 2. The van der Waals surface area contributed by atoms with Gasteiger partial charge >= 0.3 is 0 Å². The second kappa shape index (κ2) is 8.98. The molecule has 3 N–H and O–H groups in total. The maximum atomic E-state index is 14.1. The first-order valence-electron chi connectivity index (χ1n) is 10.1. The van der Waals surface area contributed by atoms with Crippen molar-refractivity contribution in [1.82, 2.24) is 20.6 Å². The number of nitriles is 1. The summed E-state index contributed by atoms with van der Waals surface area (Å²) in [7, 11) is 0. The molecular weight excluding hydrogens is 416 g/mol. The Balaban J connectivity index is 1.60. The second-order valence-electron chi connectivity index (χ2n) is 7.46. The zero-order chi connectivity index (χ0) is 22.7. The summed E-state index contributed by atoms with van der Waals surface area (Å²) < 4.78 is 27.5. The average molecular weight is 435 g/mol. The Morgan fingerprint density at radius 3 is 2.66 bits per heavy atom. The molecule has 9 heteroatoms.